The Bertz CT molecular complexity index is 1370. The number of nitrogens with zero attached hydrogens (tertiary/aromatic N) is 5. The molecule has 1 fully saturated rings. The third kappa shape index (κ3) is 7.42. The predicted molar refractivity (Wildman–Crippen MR) is 155 cm³/mol. The standard InChI is InChI=1S/C30H39N7O5/c1-19(2)8-29(39)37-13-22(14-37)35-28-9-26(33-17-34-28)30(40)32-10-23(38)15-36-7-6-25-20(3)27(5-4-21(25)12-36)41-16-24-11-31-18-42-24/h4-5,9,11,17-19,22-23,38H,6-8,10,12-16H2,1-3H3,(H,32,40)(H,33,34,35)/t23-/m0/s1. The van der Waals surface area contributed by atoms with Crippen LogP contribution in [-0.2, 0) is 24.4 Å². The van der Waals surface area contributed by atoms with Crippen LogP contribution in [0.4, 0.5) is 5.82 Å². The molecule has 0 bridgehead atoms. The number of benzene rings is 1. The van der Waals surface area contributed by atoms with Crippen LogP contribution in [-0.4, -0.2) is 86.5 Å². The van der Waals surface area contributed by atoms with E-state index < -0.39 is 6.10 Å². The molecule has 0 radical (unpaired) electrons. The van der Waals surface area contributed by atoms with Gasteiger partial charge in [-0.1, -0.05) is 19.9 Å². The Morgan fingerprint density at radius 3 is 2.83 bits per heavy atom. The first-order chi connectivity index (χ1) is 20.2. The molecule has 5 rings (SSSR count). The molecular formula is C30H39N7O5. The summed E-state index contributed by atoms with van der Waals surface area (Å²) in [6, 6.07) is 5.73. The SMILES string of the molecule is Cc1c(OCc2cnco2)ccc2c1CCN(C[C@@H](O)CNC(=O)c1cc(NC3CN(C(=O)CC(C)C)C3)ncn1)C2. The number of aromatic nitrogens is 3. The summed E-state index contributed by atoms with van der Waals surface area (Å²) in [7, 11) is 0. The molecule has 12 nitrogen and oxygen atoms in total. The quantitative estimate of drug-likeness (QED) is 0.293. The van der Waals surface area contributed by atoms with Gasteiger partial charge in [-0.15, -0.1) is 0 Å². The fourth-order valence-corrected chi connectivity index (χ4v) is 5.34. The Morgan fingerprint density at radius 2 is 2.07 bits per heavy atom. The third-order valence-electron chi connectivity index (χ3n) is 7.61. The van der Waals surface area contributed by atoms with Crippen molar-refractivity contribution in [1.82, 2.24) is 30.1 Å². The van der Waals surface area contributed by atoms with Crippen molar-refractivity contribution >= 4 is 17.6 Å². The number of carbonyl (C=O) groups is 2. The lowest BCUT2D eigenvalue weighted by Gasteiger charge is -2.40. The fourth-order valence-electron chi connectivity index (χ4n) is 5.34. The molecule has 2 aliphatic heterocycles. The van der Waals surface area contributed by atoms with Crippen LogP contribution in [0.1, 0.15) is 53.2 Å². The second-order valence-corrected chi connectivity index (χ2v) is 11.5. The zero-order valence-electron chi connectivity index (χ0n) is 24.4. The summed E-state index contributed by atoms with van der Waals surface area (Å²) in [5.41, 5.74) is 3.82. The Morgan fingerprint density at radius 1 is 1.24 bits per heavy atom. The molecule has 3 N–H and O–H groups in total. The van der Waals surface area contributed by atoms with Crippen molar-refractivity contribution in [3.63, 3.8) is 0 Å². The highest BCUT2D eigenvalue weighted by atomic mass is 16.5. The molecule has 1 aromatic carbocycles. The third-order valence-corrected chi connectivity index (χ3v) is 7.61. The second kappa shape index (κ2) is 13.3. The smallest absolute Gasteiger partial charge is 0.270 e. The van der Waals surface area contributed by atoms with E-state index in [1.807, 2.05) is 24.8 Å². The van der Waals surface area contributed by atoms with Crippen molar-refractivity contribution < 1.29 is 23.8 Å². The minimum absolute atomic E-state index is 0.0885. The maximum Gasteiger partial charge on any atom is 0.270 e. The predicted octanol–water partition coefficient (Wildman–Crippen LogP) is 2.17. The summed E-state index contributed by atoms with van der Waals surface area (Å²) in [5.74, 6) is 2.15. The summed E-state index contributed by atoms with van der Waals surface area (Å²) in [6.45, 7) is 9.75. The molecule has 2 amide bonds. The second-order valence-electron chi connectivity index (χ2n) is 11.5. The van der Waals surface area contributed by atoms with Gasteiger partial charge in [-0.25, -0.2) is 15.0 Å². The maximum absolute atomic E-state index is 12.7. The summed E-state index contributed by atoms with van der Waals surface area (Å²) in [6.07, 6.45) is 5.03. The van der Waals surface area contributed by atoms with E-state index in [2.05, 4.69) is 43.5 Å². The lowest BCUT2D eigenvalue weighted by Crippen LogP contribution is -2.57. The minimum atomic E-state index is -0.732. The summed E-state index contributed by atoms with van der Waals surface area (Å²) < 4.78 is 11.2. The number of β-amino-alcohol motifs (C(OH)–C–C–N with tert-alkyl or cyclic N) is 1. The van der Waals surface area contributed by atoms with Gasteiger partial charge in [0.25, 0.3) is 5.91 Å². The molecule has 0 saturated carbocycles. The van der Waals surface area contributed by atoms with Crippen molar-refractivity contribution in [3.05, 3.63) is 65.3 Å². The van der Waals surface area contributed by atoms with Crippen LogP contribution in [0.5, 0.6) is 5.75 Å². The largest absolute Gasteiger partial charge is 0.485 e. The number of aliphatic hydroxyl groups is 1. The van der Waals surface area contributed by atoms with Crippen LogP contribution in [0.2, 0.25) is 0 Å². The van der Waals surface area contributed by atoms with Gasteiger partial charge in [-0.3, -0.25) is 14.5 Å². The lowest BCUT2D eigenvalue weighted by molar-refractivity contribution is -0.135. The Kier molecular flexibility index (Phi) is 9.33. The topological polar surface area (TPSA) is 146 Å². The Balaban J connectivity index is 1.05. The van der Waals surface area contributed by atoms with Crippen LogP contribution < -0.4 is 15.4 Å². The summed E-state index contributed by atoms with van der Waals surface area (Å²) >= 11 is 0. The van der Waals surface area contributed by atoms with Crippen molar-refractivity contribution in [2.45, 2.75) is 58.9 Å². The van der Waals surface area contributed by atoms with Gasteiger partial charge in [0.15, 0.2) is 12.2 Å². The van der Waals surface area contributed by atoms with Gasteiger partial charge < -0.3 is 29.8 Å². The molecule has 1 saturated heterocycles. The van der Waals surface area contributed by atoms with Crippen molar-refractivity contribution in [3.8, 4) is 5.75 Å². The first-order valence-electron chi connectivity index (χ1n) is 14.4. The molecule has 12 heteroatoms. The van der Waals surface area contributed by atoms with E-state index in [1.165, 1.54) is 23.8 Å². The first kappa shape index (κ1) is 29.5. The summed E-state index contributed by atoms with van der Waals surface area (Å²) in [5, 5.41) is 16.7. The van der Waals surface area contributed by atoms with E-state index in [1.54, 1.807) is 12.3 Å². The van der Waals surface area contributed by atoms with Crippen molar-refractivity contribution in [1.29, 1.82) is 0 Å². The molecule has 1 atom stereocenters. The molecule has 3 aromatic rings. The molecule has 0 spiro atoms. The Hall–Kier alpha value is -4.03. The van der Waals surface area contributed by atoms with Crippen molar-refractivity contribution in [2.24, 2.45) is 5.92 Å². The molecule has 2 aliphatic rings. The van der Waals surface area contributed by atoms with Gasteiger partial charge >= 0.3 is 0 Å². The van der Waals surface area contributed by atoms with E-state index in [9.17, 15) is 14.7 Å². The van der Waals surface area contributed by atoms with E-state index in [0.717, 1.165) is 24.3 Å². The molecule has 0 aliphatic carbocycles. The van der Waals surface area contributed by atoms with E-state index >= 15 is 0 Å². The van der Waals surface area contributed by atoms with Crippen LogP contribution in [0.3, 0.4) is 0 Å². The summed E-state index contributed by atoms with van der Waals surface area (Å²) in [4.78, 5) is 41.1. The number of rotatable bonds is 12. The number of nitrogens with one attached hydrogen (secondary N) is 2. The highest BCUT2D eigenvalue weighted by Crippen LogP contribution is 2.30. The van der Waals surface area contributed by atoms with Gasteiger partial charge in [-0.2, -0.15) is 0 Å². The fraction of sp³-hybridized carbons (Fsp3) is 0.500. The van der Waals surface area contributed by atoms with Crippen molar-refractivity contribution in [2.75, 3.05) is 38.0 Å². The number of likely N-dealkylation sites (tertiary alicyclic amines) is 1. The van der Waals surface area contributed by atoms with Crippen LogP contribution in [0.15, 0.2) is 41.5 Å². The molecular weight excluding hydrogens is 538 g/mol. The number of carbonyl (C=O) groups excluding carboxylic acids is 2. The average molecular weight is 578 g/mol. The lowest BCUT2D eigenvalue weighted by atomic mass is 9.94. The average Bonchev–Trinajstić information content (AvgIpc) is 3.46. The van der Waals surface area contributed by atoms with Gasteiger partial charge in [0.2, 0.25) is 5.91 Å². The maximum atomic E-state index is 12.7. The first-order valence-corrected chi connectivity index (χ1v) is 14.4. The molecule has 224 valence electrons. The van der Waals surface area contributed by atoms with Crippen LogP contribution in [0, 0.1) is 12.8 Å². The molecule has 4 heterocycles. The number of amides is 2. The van der Waals surface area contributed by atoms with E-state index in [4.69, 9.17) is 9.15 Å². The Labute approximate surface area is 245 Å². The number of hydrogen-bond acceptors (Lipinski definition) is 10. The highest BCUT2D eigenvalue weighted by molar-refractivity contribution is 5.92. The minimum Gasteiger partial charge on any atom is -0.485 e. The molecule has 0 unspecified atom stereocenters. The van der Waals surface area contributed by atoms with Crippen LogP contribution >= 0.6 is 0 Å². The number of aliphatic hydroxyl groups excluding tert-OH is 1. The highest BCUT2D eigenvalue weighted by Gasteiger charge is 2.31. The van der Waals surface area contributed by atoms with Gasteiger partial charge in [0.05, 0.1) is 18.3 Å². The van der Waals surface area contributed by atoms with Gasteiger partial charge in [0.1, 0.15) is 30.2 Å². The zero-order valence-corrected chi connectivity index (χ0v) is 24.4. The van der Waals surface area contributed by atoms with Crippen LogP contribution in [0.25, 0.3) is 0 Å². The molecule has 2 aromatic heterocycles. The number of fused-ring (bicyclic) bond motifs is 1. The number of hydrogen-bond donors (Lipinski definition) is 3. The normalized spacial score (nSPS) is 16.1. The molecule has 42 heavy (non-hydrogen) atoms. The number of oxazole rings is 1. The number of ether oxygens (including phenoxy) is 1. The van der Waals surface area contributed by atoms with E-state index in [-0.39, 0.29) is 30.1 Å². The van der Waals surface area contributed by atoms with Gasteiger partial charge in [0, 0.05) is 51.8 Å². The van der Waals surface area contributed by atoms with Gasteiger partial charge in [-0.05, 0) is 42.0 Å². The monoisotopic (exact) mass is 577 g/mol. The number of anilines is 1. The zero-order chi connectivity index (χ0) is 29.6. The van der Waals surface area contributed by atoms with E-state index in [0.29, 0.717) is 56.7 Å².